The van der Waals surface area contributed by atoms with E-state index in [4.69, 9.17) is 11.5 Å². The molecule has 0 amide bonds. The van der Waals surface area contributed by atoms with Crippen LogP contribution in [-0.2, 0) is 0 Å². The molecular weight excluding hydrogens is 184 g/mol. The van der Waals surface area contributed by atoms with Crippen LogP contribution in [0.15, 0.2) is 0 Å². The first kappa shape index (κ1) is 13.0. The summed E-state index contributed by atoms with van der Waals surface area (Å²) >= 11 is 0. The van der Waals surface area contributed by atoms with E-state index in [0.717, 1.165) is 24.9 Å². The lowest BCUT2D eigenvalue weighted by atomic mass is 9.64. The third-order valence-electron chi connectivity index (χ3n) is 4.28. The quantitative estimate of drug-likeness (QED) is 0.735. The van der Waals surface area contributed by atoms with Crippen molar-refractivity contribution >= 4 is 0 Å². The van der Waals surface area contributed by atoms with Gasteiger partial charge in [-0.1, -0.05) is 13.8 Å². The summed E-state index contributed by atoms with van der Waals surface area (Å²) in [5.74, 6) is 1.73. The van der Waals surface area contributed by atoms with Crippen molar-refractivity contribution in [3.05, 3.63) is 0 Å². The van der Waals surface area contributed by atoms with Crippen LogP contribution in [0.1, 0.15) is 52.4 Å². The third-order valence-corrected chi connectivity index (χ3v) is 4.28. The average molecular weight is 212 g/mol. The molecule has 90 valence electrons. The number of nitrogens with two attached hydrogens (primary N) is 2. The highest BCUT2D eigenvalue weighted by molar-refractivity contribution is 4.86. The monoisotopic (exact) mass is 212 g/mol. The van der Waals surface area contributed by atoms with Gasteiger partial charge in [0.1, 0.15) is 0 Å². The first-order chi connectivity index (χ1) is 7.11. The van der Waals surface area contributed by atoms with Gasteiger partial charge in [-0.2, -0.15) is 0 Å². The Bertz CT molecular complexity index is 177. The van der Waals surface area contributed by atoms with Crippen molar-refractivity contribution in [1.29, 1.82) is 0 Å². The standard InChI is InChI=1S/C13H28N2/c1-11-4-7-13(2,6-3-8-14)10-12(11)5-9-15/h11-12H,3-10,14-15H2,1-2H3. The summed E-state index contributed by atoms with van der Waals surface area (Å²) in [6.07, 6.45) is 7.82. The molecule has 0 aromatic rings. The average Bonchev–Trinajstić information content (AvgIpc) is 2.22. The first-order valence-corrected chi connectivity index (χ1v) is 6.51. The topological polar surface area (TPSA) is 52.0 Å². The highest BCUT2D eigenvalue weighted by atomic mass is 14.5. The highest BCUT2D eigenvalue weighted by Crippen LogP contribution is 2.45. The van der Waals surface area contributed by atoms with Crippen LogP contribution >= 0.6 is 0 Å². The van der Waals surface area contributed by atoms with Crippen LogP contribution in [0.25, 0.3) is 0 Å². The fourth-order valence-corrected chi connectivity index (χ4v) is 3.10. The van der Waals surface area contributed by atoms with Crippen LogP contribution in [-0.4, -0.2) is 13.1 Å². The summed E-state index contributed by atoms with van der Waals surface area (Å²) < 4.78 is 0. The molecule has 0 aromatic heterocycles. The molecule has 0 bridgehead atoms. The Labute approximate surface area is 94.8 Å². The van der Waals surface area contributed by atoms with E-state index >= 15 is 0 Å². The van der Waals surface area contributed by atoms with Gasteiger partial charge in [0.25, 0.3) is 0 Å². The normalized spacial score (nSPS) is 36.8. The van der Waals surface area contributed by atoms with Crippen molar-refractivity contribution in [1.82, 2.24) is 0 Å². The zero-order valence-corrected chi connectivity index (χ0v) is 10.5. The largest absolute Gasteiger partial charge is 0.330 e. The van der Waals surface area contributed by atoms with Crippen molar-refractivity contribution in [2.45, 2.75) is 52.4 Å². The summed E-state index contributed by atoms with van der Waals surface area (Å²) in [5, 5.41) is 0. The molecule has 0 radical (unpaired) electrons. The van der Waals surface area contributed by atoms with Gasteiger partial charge in [-0.25, -0.2) is 0 Å². The number of hydrogen-bond acceptors (Lipinski definition) is 2. The van der Waals surface area contributed by atoms with Gasteiger partial charge in [-0.15, -0.1) is 0 Å². The van der Waals surface area contributed by atoms with Crippen molar-refractivity contribution in [2.75, 3.05) is 13.1 Å². The molecule has 1 saturated carbocycles. The molecule has 0 aliphatic heterocycles. The SMILES string of the molecule is CC1CCC(C)(CCCN)CC1CCN. The zero-order valence-electron chi connectivity index (χ0n) is 10.5. The Balaban J connectivity index is 2.47. The molecule has 1 rings (SSSR count). The van der Waals surface area contributed by atoms with Gasteiger partial charge >= 0.3 is 0 Å². The predicted octanol–water partition coefficient (Wildman–Crippen LogP) is 2.52. The number of rotatable bonds is 5. The van der Waals surface area contributed by atoms with Crippen molar-refractivity contribution < 1.29 is 0 Å². The van der Waals surface area contributed by atoms with Crippen LogP contribution in [0.3, 0.4) is 0 Å². The molecule has 0 aromatic carbocycles. The van der Waals surface area contributed by atoms with Crippen LogP contribution in [0, 0.1) is 17.3 Å². The van der Waals surface area contributed by atoms with Crippen LogP contribution < -0.4 is 11.5 Å². The molecule has 1 aliphatic rings. The van der Waals surface area contributed by atoms with E-state index in [2.05, 4.69) is 13.8 Å². The molecule has 3 unspecified atom stereocenters. The second-order valence-electron chi connectivity index (χ2n) is 5.76. The van der Waals surface area contributed by atoms with Gasteiger partial charge in [0, 0.05) is 0 Å². The molecule has 0 saturated heterocycles. The first-order valence-electron chi connectivity index (χ1n) is 6.51. The van der Waals surface area contributed by atoms with Crippen molar-refractivity contribution in [3.8, 4) is 0 Å². The lowest BCUT2D eigenvalue weighted by Crippen LogP contribution is -2.32. The molecule has 15 heavy (non-hydrogen) atoms. The minimum Gasteiger partial charge on any atom is -0.330 e. The summed E-state index contributed by atoms with van der Waals surface area (Å²) in [6, 6.07) is 0. The summed E-state index contributed by atoms with van der Waals surface area (Å²) in [5.41, 5.74) is 11.8. The minimum absolute atomic E-state index is 0.547. The Kier molecular flexibility index (Phi) is 5.07. The smallest absolute Gasteiger partial charge is 0.00745 e. The maximum Gasteiger partial charge on any atom is -0.00745 e. The summed E-state index contributed by atoms with van der Waals surface area (Å²) in [4.78, 5) is 0. The van der Waals surface area contributed by atoms with E-state index in [9.17, 15) is 0 Å². The molecule has 0 heterocycles. The molecule has 2 heteroatoms. The second-order valence-corrected chi connectivity index (χ2v) is 5.76. The van der Waals surface area contributed by atoms with E-state index in [1.165, 1.54) is 38.5 Å². The van der Waals surface area contributed by atoms with Gasteiger partial charge in [-0.05, 0) is 68.9 Å². The lowest BCUT2D eigenvalue weighted by Gasteiger charge is -2.42. The second kappa shape index (κ2) is 5.86. The molecule has 2 nitrogen and oxygen atoms in total. The molecule has 4 N–H and O–H groups in total. The van der Waals surface area contributed by atoms with E-state index in [0.29, 0.717) is 5.41 Å². The molecule has 3 atom stereocenters. The number of hydrogen-bond donors (Lipinski definition) is 2. The maximum absolute atomic E-state index is 5.69. The molecule has 0 spiro atoms. The van der Waals surface area contributed by atoms with E-state index in [1.807, 2.05) is 0 Å². The lowest BCUT2D eigenvalue weighted by molar-refractivity contribution is 0.0966. The van der Waals surface area contributed by atoms with Crippen molar-refractivity contribution in [2.24, 2.45) is 28.7 Å². The molecule has 1 aliphatic carbocycles. The van der Waals surface area contributed by atoms with Gasteiger partial charge in [0.15, 0.2) is 0 Å². The fraction of sp³-hybridized carbons (Fsp3) is 1.00. The predicted molar refractivity (Wildman–Crippen MR) is 66.6 cm³/mol. The zero-order chi connectivity index (χ0) is 11.3. The van der Waals surface area contributed by atoms with E-state index in [1.54, 1.807) is 0 Å². The Morgan fingerprint density at radius 2 is 2.00 bits per heavy atom. The van der Waals surface area contributed by atoms with E-state index in [-0.39, 0.29) is 0 Å². The molecular formula is C13H28N2. The Morgan fingerprint density at radius 1 is 1.27 bits per heavy atom. The van der Waals surface area contributed by atoms with E-state index < -0.39 is 0 Å². The highest BCUT2D eigenvalue weighted by Gasteiger charge is 2.34. The van der Waals surface area contributed by atoms with Gasteiger partial charge < -0.3 is 11.5 Å². The molecule has 1 fully saturated rings. The third kappa shape index (κ3) is 3.76. The Morgan fingerprint density at radius 3 is 2.60 bits per heavy atom. The van der Waals surface area contributed by atoms with Gasteiger partial charge in [0.05, 0.1) is 0 Å². The van der Waals surface area contributed by atoms with Gasteiger partial charge in [0.2, 0.25) is 0 Å². The fourth-order valence-electron chi connectivity index (χ4n) is 3.10. The van der Waals surface area contributed by atoms with Crippen LogP contribution in [0.4, 0.5) is 0 Å². The summed E-state index contributed by atoms with van der Waals surface area (Å²) in [6.45, 7) is 6.52. The maximum atomic E-state index is 5.69. The van der Waals surface area contributed by atoms with Crippen LogP contribution in [0.5, 0.6) is 0 Å². The Hall–Kier alpha value is -0.0800. The van der Waals surface area contributed by atoms with Gasteiger partial charge in [-0.3, -0.25) is 0 Å². The minimum atomic E-state index is 0.547. The van der Waals surface area contributed by atoms with Crippen molar-refractivity contribution in [3.63, 3.8) is 0 Å². The van der Waals surface area contributed by atoms with Crippen LogP contribution in [0.2, 0.25) is 0 Å². The summed E-state index contributed by atoms with van der Waals surface area (Å²) in [7, 11) is 0.